The fourth-order valence-corrected chi connectivity index (χ4v) is 3.59. The Morgan fingerprint density at radius 1 is 1.09 bits per heavy atom. The van der Waals surface area contributed by atoms with Crippen molar-refractivity contribution in [1.29, 1.82) is 0 Å². The minimum atomic E-state index is -0.445. The number of ether oxygens (including phenoxy) is 3. The maximum absolute atomic E-state index is 11.9. The van der Waals surface area contributed by atoms with Crippen molar-refractivity contribution in [2.45, 2.75) is 13.5 Å². The van der Waals surface area contributed by atoms with Crippen molar-refractivity contribution in [3.63, 3.8) is 0 Å². The summed E-state index contributed by atoms with van der Waals surface area (Å²) in [6.07, 6.45) is 1.51. The van der Waals surface area contributed by atoms with Crippen LogP contribution < -0.4 is 19.6 Å². The van der Waals surface area contributed by atoms with Crippen LogP contribution in [-0.4, -0.2) is 30.3 Å². The van der Waals surface area contributed by atoms with Gasteiger partial charge in [0.2, 0.25) is 0 Å². The summed E-state index contributed by atoms with van der Waals surface area (Å²) in [7, 11) is 0. The van der Waals surface area contributed by atoms with E-state index in [0.717, 1.165) is 9.13 Å². The highest BCUT2D eigenvalue weighted by Crippen LogP contribution is 2.34. The van der Waals surface area contributed by atoms with E-state index in [4.69, 9.17) is 14.2 Å². The van der Waals surface area contributed by atoms with Gasteiger partial charge in [-0.05, 0) is 77.0 Å². The van der Waals surface area contributed by atoms with Crippen molar-refractivity contribution in [3.8, 4) is 17.2 Å². The molecule has 0 fully saturated rings. The van der Waals surface area contributed by atoms with E-state index in [-0.39, 0.29) is 24.8 Å². The van der Waals surface area contributed by atoms with Gasteiger partial charge in [-0.1, -0.05) is 18.2 Å². The lowest BCUT2D eigenvalue weighted by Gasteiger charge is -2.14. The molecule has 0 saturated carbocycles. The number of para-hydroxylation sites is 1. The summed E-state index contributed by atoms with van der Waals surface area (Å²) in [5.74, 6) is 1.29. The molecule has 0 aliphatic heterocycles. The van der Waals surface area contributed by atoms with E-state index in [0.29, 0.717) is 29.4 Å². The Labute approximate surface area is 210 Å². The number of benzene rings is 3. The largest absolute Gasteiger partial charge is 0.490 e. The van der Waals surface area contributed by atoms with Crippen molar-refractivity contribution in [2.24, 2.45) is 5.10 Å². The second-order valence-electron chi connectivity index (χ2n) is 6.87. The molecule has 3 rings (SSSR count). The molecule has 9 nitrogen and oxygen atoms in total. The molecule has 1 amide bonds. The lowest BCUT2D eigenvalue weighted by Crippen LogP contribution is -2.24. The maximum Gasteiger partial charge on any atom is 0.277 e. The molecule has 10 heteroatoms. The molecule has 0 spiro atoms. The van der Waals surface area contributed by atoms with Gasteiger partial charge in [0.15, 0.2) is 18.1 Å². The molecule has 176 valence electrons. The number of hydrogen-bond donors (Lipinski definition) is 1. The van der Waals surface area contributed by atoms with Crippen LogP contribution in [0.3, 0.4) is 0 Å². The van der Waals surface area contributed by atoms with Crippen LogP contribution in [0.4, 0.5) is 5.69 Å². The molecule has 0 heterocycles. The molecule has 3 aromatic carbocycles. The van der Waals surface area contributed by atoms with Crippen molar-refractivity contribution >= 4 is 40.4 Å². The normalized spacial score (nSPS) is 10.6. The second-order valence-corrected chi connectivity index (χ2v) is 8.03. The average Bonchev–Trinajstić information content (AvgIpc) is 2.83. The number of carbonyl (C=O) groups is 1. The Morgan fingerprint density at radius 2 is 1.82 bits per heavy atom. The third-order valence-electron chi connectivity index (χ3n) is 4.38. The van der Waals surface area contributed by atoms with Crippen LogP contribution in [0.25, 0.3) is 0 Å². The summed E-state index contributed by atoms with van der Waals surface area (Å²) in [4.78, 5) is 22.3. The first-order valence-corrected chi connectivity index (χ1v) is 11.4. The third kappa shape index (κ3) is 7.44. The van der Waals surface area contributed by atoms with Crippen LogP contribution in [0.5, 0.6) is 17.2 Å². The highest BCUT2D eigenvalue weighted by atomic mass is 127. The molecule has 0 aromatic heterocycles. The number of nitro groups is 1. The summed E-state index contributed by atoms with van der Waals surface area (Å²) in [5.41, 5.74) is 3.95. The van der Waals surface area contributed by atoms with E-state index >= 15 is 0 Å². The van der Waals surface area contributed by atoms with E-state index in [1.54, 1.807) is 30.3 Å². The molecular formula is C24H22IN3O6. The average molecular weight is 575 g/mol. The van der Waals surface area contributed by atoms with Crippen molar-refractivity contribution in [1.82, 2.24) is 5.43 Å². The van der Waals surface area contributed by atoms with Crippen LogP contribution in [-0.2, 0) is 11.4 Å². The number of hydrazone groups is 1. The molecule has 0 unspecified atom stereocenters. The van der Waals surface area contributed by atoms with Gasteiger partial charge in [0.25, 0.3) is 11.6 Å². The first kappa shape index (κ1) is 25.0. The standard InChI is InChI=1S/C24H22IN3O6/c1-2-32-22-13-18(14-26-27-23(29)16-33-20-6-4-3-5-7-20)12-21(25)24(22)34-15-17-8-10-19(11-9-17)28(30)31/h3-14H,2,15-16H2,1H3,(H,27,29)/b26-14-. The van der Waals surface area contributed by atoms with Crippen LogP contribution in [0.15, 0.2) is 71.8 Å². The van der Waals surface area contributed by atoms with Gasteiger partial charge in [0.1, 0.15) is 12.4 Å². The predicted octanol–water partition coefficient (Wildman–Crippen LogP) is 4.71. The predicted molar refractivity (Wildman–Crippen MR) is 135 cm³/mol. The number of non-ortho nitro benzene ring substituents is 1. The first-order chi connectivity index (χ1) is 16.5. The van der Waals surface area contributed by atoms with Gasteiger partial charge in [-0.3, -0.25) is 14.9 Å². The van der Waals surface area contributed by atoms with Crippen LogP contribution in [0.1, 0.15) is 18.1 Å². The van der Waals surface area contributed by atoms with Crippen LogP contribution in [0, 0.1) is 13.7 Å². The molecule has 0 aliphatic rings. The minimum absolute atomic E-state index is 0.0238. The molecule has 1 N–H and O–H groups in total. The quantitative estimate of drug-likeness (QED) is 0.154. The topological polar surface area (TPSA) is 112 Å². The van der Waals surface area contributed by atoms with E-state index in [2.05, 4.69) is 33.1 Å². The maximum atomic E-state index is 11.9. The summed E-state index contributed by atoms with van der Waals surface area (Å²) >= 11 is 2.13. The first-order valence-electron chi connectivity index (χ1n) is 10.3. The van der Waals surface area contributed by atoms with E-state index < -0.39 is 4.92 Å². The van der Waals surface area contributed by atoms with Gasteiger partial charge in [-0.2, -0.15) is 5.10 Å². The number of rotatable bonds is 11. The fraction of sp³-hybridized carbons (Fsp3) is 0.167. The Balaban J connectivity index is 1.61. The molecule has 0 aliphatic carbocycles. The summed E-state index contributed by atoms with van der Waals surface area (Å²) in [5, 5.41) is 14.8. The smallest absolute Gasteiger partial charge is 0.277 e. The zero-order chi connectivity index (χ0) is 24.3. The summed E-state index contributed by atoms with van der Waals surface area (Å²) in [6, 6.07) is 18.8. The number of amides is 1. The lowest BCUT2D eigenvalue weighted by molar-refractivity contribution is -0.384. The van der Waals surface area contributed by atoms with Crippen LogP contribution >= 0.6 is 22.6 Å². The number of nitro benzene ring substituents is 1. The van der Waals surface area contributed by atoms with Gasteiger partial charge < -0.3 is 14.2 Å². The molecule has 3 aromatic rings. The Morgan fingerprint density at radius 3 is 2.50 bits per heavy atom. The highest BCUT2D eigenvalue weighted by Gasteiger charge is 2.13. The number of nitrogens with one attached hydrogen (secondary N) is 1. The lowest BCUT2D eigenvalue weighted by atomic mass is 10.2. The number of halogens is 1. The van der Waals surface area contributed by atoms with E-state index in [1.807, 2.05) is 31.2 Å². The van der Waals surface area contributed by atoms with Gasteiger partial charge in [0.05, 0.1) is 21.3 Å². The summed E-state index contributed by atoms with van der Waals surface area (Å²) in [6.45, 7) is 2.36. The highest BCUT2D eigenvalue weighted by molar-refractivity contribution is 14.1. The van der Waals surface area contributed by atoms with Crippen molar-refractivity contribution < 1.29 is 23.9 Å². The second kappa shape index (κ2) is 12.5. The fourth-order valence-electron chi connectivity index (χ4n) is 2.81. The molecule has 0 saturated heterocycles. The molecule has 34 heavy (non-hydrogen) atoms. The SMILES string of the molecule is CCOc1cc(/C=N\NC(=O)COc2ccccc2)cc(I)c1OCc1ccc([N+](=O)[O-])cc1. The Bertz CT molecular complexity index is 1150. The van der Waals surface area contributed by atoms with Crippen molar-refractivity contribution in [2.75, 3.05) is 13.2 Å². The van der Waals surface area contributed by atoms with E-state index in [1.165, 1.54) is 18.3 Å². The monoisotopic (exact) mass is 575 g/mol. The van der Waals surface area contributed by atoms with Gasteiger partial charge in [-0.15, -0.1) is 0 Å². The van der Waals surface area contributed by atoms with Gasteiger partial charge in [-0.25, -0.2) is 5.43 Å². The molecular weight excluding hydrogens is 553 g/mol. The zero-order valence-corrected chi connectivity index (χ0v) is 20.4. The number of carbonyl (C=O) groups excluding carboxylic acids is 1. The zero-order valence-electron chi connectivity index (χ0n) is 18.3. The van der Waals surface area contributed by atoms with Crippen molar-refractivity contribution in [3.05, 3.63) is 91.5 Å². The molecule has 0 atom stereocenters. The van der Waals surface area contributed by atoms with Crippen LogP contribution in [0.2, 0.25) is 0 Å². The Kier molecular flexibility index (Phi) is 9.21. The van der Waals surface area contributed by atoms with Gasteiger partial charge >= 0.3 is 0 Å². The Hall–Kier alpha value is -3.67. The summed E-state index contributed by atoms with van der Waals surface area (Å²) < 4.78 is 17.8. The third-order valence-corrected chi connectivity index (χ3v) is 5.18. The van der Waals surface area contributed by atoms with E-state index in [9.17, 15) is 14.9 Å². The molecule has 0 bridgehead atoms. The minimum Gasteiger partial charge on any atom is -0.490 e. The molecule has 0 radical (unpaired) electrons. The number of nitrogens with zero attached hydrogens (tertiary/aromatic N) is 2. The van der Waals surface area contributed by atoms with Gasteiger partial charge in [0, 0.05) is 12.1 Å². The number of hydrogen-bond acceptors (Lipinski definition) is 7.